The van der Waals surface area contributed by atoms with Gasteiger partial charge in [-0.2, -0.15) is 5.10 Å². The lowest BCUT2D eigenvalue weighted by molar-refractivity contribution is 0.00131. The summed E-state index contributed by atoms with van der Waals surface area (Å²) in [5.41, 5.74) is 3.81. The lowest BCUT2D eigenvalue weighted by Crippen LogP contribution is -2.60. The maximum absolute atomic E-state index is 13.5. The van der Waals surface area contributed by atoms with Gasteiger partial charge in [0.2, 0.25) is 0 Å². The Bertz CT molecular complexity index is 967. The lowest BCUT2D eigenvalue weighted by Gasteiger charge is -2.54. The van der Waals surface area contributed by atoms with E-state index in [9.17, 15) is 4.79 Å². The highest BCUT2D eigenvalue weighted by Gasteiger charge is 2.47. The summed E-state index contributed by atoms with van der Waals surface area (Å²) in [4.78, 5) is 22.6. The third kappa shape index (κ3) is 3.00. The highest BCUT2D eigenvalue weighted by atomic mass is 16.2. The Morgan fingerprint density at radius 3 is 3.07 bits per heavy atom. The predicted octanol–water partition coefficient (Wildman–Crippen LogP) is 3.51. The summed E-state index contributed by atoms with van der Waals surface area (Å²) in [6.45, 7) is 3.22. The van der Waals surface area contributed by atoms with E-state index < -0.39 is 0 Å². The number of carbonyl (C=O) groups is 1. The molecule has 2 bridgehead atoms. The van der Waals surface area contributed by atoms with Gasteiger partial charge >= 0.3 is 0 Å². The molecule has 1 N–H and O–H groups in total. The van der Waals surface area contributed by atoms with Crippen molar-refractivity contribution in [1.82, 2.24) is 25.0 Å². The van der Waals surface area contributed by atoms with Crippen LogP contribution in [0.5, 0.6) is 0 Å². The zero-order valence-corrected chi connectivity index (χ0v) is 17.3. The molecular formula is C24H29N5O. The molecule has 0 aromatic carbocycles. The molecule has 2 aromatic rings. The molecule has 6 rings (SSSR count). The number of aromatic nitrogens is 3. The Morgan fingerprint density at radius 1 is 1.20 bits per heavy atom. The van der Waals surface area contributed by atoms with Gasteiger partial charge in [0.1, 0.15) is 5.69 Å². The number of fused-ring (bicyclic) bond motifs is 6. The number of rotatable bonds is 2. The standard InChI is InChI=1S/C24H29N5O/c30-24(21-13-20(26-27-21)17-5-3-8-25-14-17)29-10-4-6-16-11-18-12-19(23(16)29)15-28-9-2-1-7-22(18)28/h3,5,8,11,13-14,18-19,22-23H,1-2,4,6-7,9-10,12,15H2,(H,26,27)/t18?,19?,22-,23-/m1/s1. The van der Waals surface area contributed by atoms with Gasteiger partial charge in [-0.15, -0.1) is 0 Å². The minimum absolute atomic E-state index is 0.0902. The molecular weight excluding hydrogens is 374 g/mol. The van der Waals surface area contributed by atoms with Crippen molar-refractivity contribution in [3.05, 3.63) is 47.9 Å². The number of pyridine rings is 1. The van der Waals surface area contributed by atoms with Crippen molar-refractivity contribution < 1.29 is 4.79 Å². The highest BCUT2D eigenvalue weighted by Crippen LogP contribution is 2.45. The van der Waals surface area contributed by atoms with E-state index in [4.69, 9.17) is 0 Å². The molecule has 0 saturated carbocycles. The van der Waals surface area contributed by atoms with Gasteiger partial charge in [0.15, 0.2) is 0 Å². The van der Waals surface area contributed by atoms with Crippen molar-refractivity contribution in [1.29, 1.82) is 0 Å². The molecule has 2 unspecified atom stereocenters. The van der Waals surface area contributed by atoms with Crippen molar-refractivity contribution in [2.45, 2.75) is 50.6 Å². The molecule has 4 atom stereocenters. The molecule has 2 aromatic heterocycles. The second kappa shape index (κ2) is 7.34. The number of hydrogen-bond donors (Lipinski definition) is 1. The Kier molecular flexibility index (Phi) is 4.48. The number of nitrogens with zero attached hydrogens (tertiary/aromatic N) is 4. The van der Waals surface area contributed by atoms with Gasteiger partial charge in [-0.1, -0.05) is 18.1 Å². The fraction of sp³-hybridized carbons (Fsp3) is 0.542. The lowest BCUT2D eigenvalue weighted by atomic mass is 9.68. The second-order valence-corrected chi connectivity index (χ2v) is 9.41. The predicted molar refractivity (Wildman–Crippen MR) is 115 cm³/mol. The number of nitrogens with one attached hydrogen (secondary N) is 1. The Balaban J connectivity index is 1.28. The summed E-state index contributed by atoms with van der Waals surface area (Å²) >= 11 is 0. The molecule has 6 heteroatoms. The van der Waals surface area contributed by atoms with Crippen molar-refractivity contribution in [2.24, 2.45) is 11.8 Å². The van der Waals surface area contributed by atoms with Gasteiger partial charge < -0.3 is 4.90 Å². The molecule has 6 nitrogen and oxygen atoms in total. The number of likely N-dealkylation sites (tertiary alicyclic amines) is 1. The average Bonchev–Trinajstić information content (AvgIpc) is 3.29. The summed E-state index contributed by atoms with van der Waals surface area (Å²) in [6.07, 6.45) is 13.6. The van der Waals surface area contributed by atoms with E-state index in [0.717, 1.165) is 43.2 Å². The first-order chi connectivity index (χ1) is 14.8. The van der Waals surface area contributed by atoms with E-state index in [2.05, 4.69) is 31.1 Å². The van der Waals surface area contributed by atoms with Gasteiger partial charge in [0, 0.05) is 37.1 Å². The SMILES string of the molecule is O=C(c1cc(-c2cccnc2)n[nH]1)N1CCCC2=CC3CC(CN4CCCC[C@H]34)[C@@H]21. The molecule has 3 aliphatic heterocycles. The topological polar surface area (TPSA) is 65.1 Å². The van der Waals surface area contributed by atoms with E-state index in [0.29, 0.717) is 17.5 Å². The van der Waals surface area contributed by atoms with Crippen LogP contribution in [-0.2, 0) is 0 Å². The minimum atomic E-state index is 0.0902. The molecule has 30 heavy (non-hydrogen) atoms. The molecule has 0 spiro atoms. The Morgan fingerprint density at radius 2 is 2.17 bits per heavy atom. The van der Waals surface area contributed by atoms with Crippen LogP contribution >= 0.6 is 0 Å². The maximum Gasteiger partial charge on any atom is 0.272 e. The van der Waals surface area contributed by atoms with Gasteiger partial charge in [0.05, 0.1) is 11.7 Å². The van der Waals surface area contributed by atoms with Crippen molar-refractivity contribution in [2.75, 3.05) is 19.6 Å². The van der Waals surface area contributed by atoms with E-state index in [-0.39, 0.29) is 11.9 Å². The van der Waals surface area contributed by atoms with Crippen LogP contribution < -0.4 is 0 Å². The number of amides is 1. The number of carbonyl (C=O) groups excluding carboxylic acids is 1. The van der Waals surface area contributed by atoms with Gasteiger partial charge in [0.25, 0.3) is 5.91 Å². The largest absolute Gasteiger partial charge is 0.330 e. The van der Waals surface area contributed by atoms with E-state index in [1.165, 1.54) is 37.8 Å². The van der Waals surface area contributed by atoms with Crippen LogP contribution in [0.4, 0.5) is 0 Å². The molecule has 0 radical (unpaired) electrons. The molecule has 156 valence electrons. The monoisotopic (exact) mass is 403 g/mol. The minimum Gasteiger partial charge on any atom is -0.330 e. The normalized spacial score (nSPS) is 30.9. The van der Waals surface area contributed by atoms with Crippen LogP contribution in [0.1, 0.15) is 49.0 Å². The van der Waals surface area contributed by atoms with E-state index in [1.54, 1.807) is 12.4 Å². The molecule has 1 amide bonds. The first-order valence-electron chi connectivity index (χ1n) is 11.5. The van der Waals surface area contributed by atoms with E-state index >= 15 is 0 Å². The Hall–Kier alpha value is -2.47. The van der Waals surface area contributed by atoms with Gasteiger partial charge in [-0.3, -0.25) is 19.8 Å². The van der Waals surface area contributed by atoms with Crippen molar-refractivity contribution in [3.8, 4) is 11.3 Å². The fourth-order valence-electron chi connectivity index (χ4n) is 6.45. The Labute approximate surface area is 177 Å². The number of hydrogen-bond acceptors (Lipinski definition) is 4. The number of aromatic amines is 1. The van der Waals surface area contributed by atoms with Crippen LogP contribution in [0, 0.1) is 11.8 Å². The third-order valence-electron chi connectivity index (χ3n) is 7.68. The third-order valence-corrected chi connectivity index (χ3v) is 7.68. The summed E-state index contributed by atoms with van der Waals surface area (Å²) in [5.74, 6) is 1.34. The summed E-state index contributed by atoms with van der Waals surface area (Å²) in [6, 6.07) is 6.74. The quantitative estimate of drug-likeness (QED) is 0.780. The summed E-state index contributed by atoms with van der Waals surface area (Å²) < 4.78 is 0. The zero-order chi connectivity index (χ0) is 20.1. The molecule has 3 fully saturated rings. The molecule has 3 saturated heterocycles. The average molecular weight is 404 g/mol. The van der Waals surface area contributed by atoms with Crippen LogP contribution in [0.15, 0.2) is 42.2 Å². The number of H-pyrrole nitrogens is 1. The molecule has 5 heterocycles. The second-order valence-electron chi connectivity index (χ2n) is 9.41. The van der Waals surface area contributed by atoms with Crippen LogP contribution in [0.2, 0.25) is 0 Å². The zero-order valence-electron chi connectivity index (χ0n) is 17.3. The van der Waals surface area contributed by atoms with Crippen LogP contribution in [-0.4, -0.2) is 62.6 Å². The van der Waals surface area contributed by atoms with E-state index in [1.807, 2.05) is 18.2 Å². The maximum atomic E-state index is 13.5. The number of piperidine rings is 3. The van der Waals surface area contributed by atoms with Crippen molar-refractivity contribution >= 4 is 5.91 Å². The van der Waals surface area contributed by atoms with Crippen LogP contribution in [0.3, 0.4) is 0 Å². The summed E-state index contributed by atoms with van der Waals surface area (Å²) in [7, 11) is 0. The summed E-state index contributed by atoms with van der Waals surface area (Å²) in [5, 5.41) is 7.39. The molecule has 1 aliphatic carbocycles. The van der Waals surface area contributed by atoms with Gasteiger partial charge in [-0.05, 0) is 68.7 Å². The van der Waals surface area contributed by atoms with Crippen LogP contribution in [0.25, 0.3) is 11.3 Å². The highest BCUT2D eigenvalue weighted by molar-refractivity contribution is 5.94. The molecule has 4 aliphatic rings. The fourth-order valence-corrected chi connectivity index (χ4v) is 6.45. The van der Waals surface area contributed by atoms with Crippen molar-refractivity contribution in [3.63, 3.8) is 0 Å². The van der Waals surface area contributed by atoms with Gasteiger partial charge in [-0.25, -0.2) is 0 Å². The first-order valence-corrected chi connectivity index (χ1v) is 11.5. The smallest absolute Gasteiger partial charge is 0.272 e. The first kappa shape index (κ1) is 18.3.